The maximum absolute atomic E-state index is 11.6. The summed E-state index contributed by atoms with van der Waals surface area (Å²) in [6.45, 7) is 3.56. The molecule has 1 saturated heterocycles. The van der Waals surface area contributed by atoms with Crippen LogP contribution in [0.4, 0.5) is 0 Å². The lowest BCUT2D eigenvalue weighted by atomic mass is 10.1. The van der Waals surface area contributed by atoms with Crippen molar-refractivity contribution in [3.63, 3.8) is 0 Å². The second kappa shape index (κ2) is 3.40. The largest absolute Gasteiger partial charge is 0.275 e. The van der Waals surface area contributed by atoms with E-state index in [1.54, 1.807) is 6.08 Å². The van der Waals surface area contributed by atoms with Gasteiger partial charge >= 0.3 is 0 Å². The van der Waals surface area contributed by atoms with Gasteiger partial charge in [-0.3, -0.25) is 14.5 Å². The smallest absolute Gasteiger partial charge is 0.236 e. The molecule has 0 unspecified atom stereocenters. The van der Waals surface area contributed by atoms with Gasteiger partial charge in [-0.25, -0.2) is 0 Å². The highest BCUT2D eigenvalue weighted by molar-refractivity contribution is 6.00. The summed E-state index contributed by atoms with van der Waals surface area (Å²) in [6.07, 6.45) is 7.39. The van der Waals surface area contributed by atoms with Crippen LogP contribution >= 0.6 is 0 Å². The minimum absolute atomic E-state index is 0.0217. The number of likely N-dealkylation sites (tertiary alicyclic amines) is 1. The van der Waals surface area contributed by atoms with Gasteiger partial charge in [-0.15, -0.1) is 6.58 Å². The van der Waals surface area contributed by atoms with E-state index in [0.29, 0.717) is 12.8 Å². The number of carbonyl (C=O) groups excluding carboxylic acids is 2. The zero-order chi connectivity index (χ0) is 10.1. The molecular formula is C11H13NO2. The number of imide groups is 1. The molecule has 0 aromatic heterocycles. The molecule has 2 rings (SSSR count). The Morgan fingerprint density at radius 2 is 2.43 bits per heavy atom. The summed E-state index contributed by atoms with van der Waals surface area (Å²) < 4.78 is 0. The van der Waals surface area contributed by atoms with Crippen molar-refractivity contribution in [3.05, 3.63) is 24.8 Å². The van der Waals surface area contributed by atoms with Gasteiger partial charge in [-0.2, -0.15) is 0 Å². The van der Waals surface area contributed by atoms with Crippen molar-refractivity contribution in [2.24, 2.45) is 5.92 Å². The summed E-state index contributed by atoms with van der Waals surface area (Å²) in [7, 11) is 0. The molecule has 1 heterocycles. The molecule has 2 amide bonds. The van der Waals surface area contributed by atoms with Crippen LogP contribution in [-0.2, 0) is 9.59 Å². The number of carbonyl (C=O) groups is 2. The van der Waals surface area contributed by atoms with Gasteiger partial charge in [0.2, 0.25) is 11.8 Å². The molecule has 0 saturated carbocycles. The zero-order valence-corrected chi connectivity index (χ0v) is 7.98. The molecule has 2 atom stereocenters. The highest BCUT2D eigenvalue weighted by Gasteiger charge is 2.43. The highest BCUT2D eigenvalue weighted by Crippen LogP contribution is 2.33. The molecule has 1 fully saturated rings. The van der Waals surface area contributed by atoms with Crippen molar-refractivity contribution in [1.29, 1.82) is 0 Å². The van der Waals surface area contributed by atoms with Gasteiger partial charge in [-0.05, 0) is 12.8 Å². The Labute approximate surface area is 83.1 Å². The predicted molar refractivity (Wildman–Crippen MR) is 52.3 cm³/mol. The number of nitrogens with zero attached hydrogens (tertiary/aromatic N) is 1. The lowest BCUT2D eigenvalue weighted by molar-refractivity contribution is -0.144. The zero-order valence-electron chi connectivity index (χ0n) is 7.98. The minimum Gasteiger partial charge on any atom is -0.275 e. The van der Waals surface area contributed by atoms with Crippen LogP contribution < -0.4 is 0 Å². The monoisotopic (exact) mass is 191 g/mol. The van der Waals surface area contributed by atoms with Gasteiger partial charge in [-0.1, -0.05) is 18.2 Å². The van der Waals surface area contributed by atoms with Crippen LogP contribution in [0.25, 0.3) is 0 Å². The highest BCUT2D eigenvalue weighted by atomic mass is 16.2. The van der Waals surface area contributed by atoms with Crippen molar-refractivity contribution >= 4 is 11.8 Å². The fraction of sp³-hybridized carbons (Fsp3) is 0.455. The Morgan fingerprint density at radius 3 is 3.00 bits per heavy atom. The van der Waals surface area contributed by atoms with Crippen molar-refractivity contribution < 1.29 is 9.59 Å². The first-order valence-corrected chi connectivity index (χ1v) is 4.89. The summed E-state index contributed by atoms with van der Waals surface area (Å²) >= 11 is 0. The van der Waals surface area contributed by atoms with Crippen molar-refractivity contribution in [3.8, 4) is 0 Å². The molecule has 1 aliphatic carbocycles. The number of hydrogen-bond acceptors (Lipinski definition) is 2. The van der Waals surface area contributed by atoms with E-state index >= 15 is 0 Å². The quantitative estimate of drug-likeness (QED) is 0.630. The van der Waals surface area contributed by atoms with E-state index in [1.807, 2.05) is 12.2 Å². The lowest BCUT2D eigenvalue weighted by Gasteiger charge is -2.21. The summed E-state index contributed by atoms with van der Waals surface area (Å²) in [5.41, 5.74) is 0. The van der Waals surface area contributed by atoms with Gasteiger partial charge in [0.25, 0.3) is 0 Å². The van der Waals surface area contributed by atoms with E-state index in [1.165, 1.54) is 4.90 Å². The van der Waals surface area contributed by atoms with E-state index in [-0.39, 0.29) is 23.8 Å². The first kappa shape index (κ1) is 9.19. The van der Waals surface area contributed by atoms with Crippen molar-refractivity contribution in [1.82, 2.24) is 4.90 Å². The molecule has 74 valence electrons. The summed E-state index contributed by atoms with van der Waals surface area (Å²) in [5.74, 6) is -0.119. The molecule has 2 aliphatic rings. The Balaban J connectivity index is 2.05. The Kier molecular flexibility index (Phi) is 2.23. The van der Waals surface area contributed by atoms with E-state index < -0.39 is 0 Å². The average Bonchev–Trinajstić information content (AvgIpc) is 2.74. The van der Waals surface area contributed by atoms with Crippen LogP contribution in [-0.4, -0.2) is 22.8 Å². The molecule has 0 radical (unpaired) electrons. The molecule has 2 bridgehead atoms. The van der Waals surface area contributed by atoms with Crippen LogP contribution in [0.5, 0.6) is 0 Å². The predicted octanol–water partition coefficient (Wildman–Crippen LogP) is 1.27. The standard InChI is InChI=1S/C11H13NO2/c1-2-3-4-10(13)12-9-6-5-8(7-9)11(12)14/h2,5-6,8-9H,1,3-4,7H2/t8-,9+/m0/s1. The first-order valence-electron chi connectivity index (χ1n) is 4.89. The second-order valence-corrected chi connectivity index (χ2v) is 3.72. The van der Waals surface area contributed by atoms with Gasteiger partial charge in [0.15, 0.2) is 0 Å². The molecule has 3 heteroatoms. The number of rotatable bonds is 3. The van der Waals surface area contributed by atoms with Gasteiger partial charge in [0.05, 0.1) is 12.0 Å². The van der Waals surface area contributed by atoms with Crippen LogP contribution in [0.3, 0.4) is 0 Å². The second-order valence-electron chi connectivity index (χ2n) is 3.72. The molecule has 0 aromatic rings. The molecule has 0 aromatic carbocycles. The van der Waals surface area contributed by atoms with Gasteiger partial charge in [0.1, 0.15) is 0 Å². The first-order chi connectivity index (χ1) is 6.74. The molecule has 3 nitrogen and oxygen atoms in total. The van der Waals surface area contributed by atoms with E-state index in [9.17, 15) is 9.59 Å². The van der Waals surface area contributed by atoms with E-state index in [0.717, 1.165) is 6.42 Å². The Bertz CT molecular complexity index is 319. The number of hydrogen-bond donors (Lipinski definition) is 0. The van der Waals surface area contributed by atoms with Crippen molar-refractivity contribution in [2.75, 3.05) is 0 Å². The maximum Gasteiger partial charge on any atom is 0.236 e. The van der Waals surface area contributed by atoms with Crippen LogP contribution in [0.1, 0.15) is 19.3 Å². The Hall–Kier alpha value is -1.38. The van der Waals surface area contributed by atoms with Crippen LogP contribution in [0.15, 0.2) is 24.8 Å². The van der Waals surface area contributed by atoms with Gasteiger partial charge < -0.3 is 0 Å². The minimum atomic E-state index is -0.0632. The maximum atomic E-state index is 11.6. The summed E-state index contributed by atoms with van der Waals surface area (Å²) in [5, 5.41) is 0. The average molecular weight is 191 g/mol. The SMILES string of the molecule is C=CCCC(=O)N1C(=O)[C@H]2C=C[C@@H]1C2. The fourth-order valence-electron chi connectivity index (χ4n) is 2.05. The molecule has 1 aliphatic heterocycles. The van der Waals surface area contributed by atoms with E-state index in [2.05, 4.69) is 6.58 Å². The molecular weight excluding hydrogens is 178 g/mol. The number of fused-ring (bicyclic) bond motifs is 2. The third kappa shape index (κ3) is 1.29. The molecule has 14 heavy (non-hydrogen) atoms. The summed E-state index contributed by atoms with van der Waals surface area (Å²) in [6, 6.07) is 0.0322. The topological polar surface area (TPSA) is 37.4 Å². The third-order valence-electron chi connectivity index (χ3n) is 2.78. The Morgan fingerprint density at radius 1 is 1.64 bits per heavy atom. The third-order valence-corrected chi connectivity index (χ3v) is 2.78. The number of amides is 2. The lowest BCUT2D eigenvalue weighted by Crippen LogP contribution is -2.39. The number of allylic oxidation sites excluding steroid dienone is 1. The molecule has 0 spiro atoms. The van der Waals surface area contributed by atoms with Gasteiger partial charge in [0, 0.05) is 6.42 Å². The normalized spacial score (nSPS) is 28.6. The van der Waals surface area contributed by atoms with Crippen LogP contribution in [0.2, 0.25) is 0 Å². The fourth-order valence-corrected chi connectivity index (χ4v) is 2.05. The summed E-state index contributed by atoms with van der Waals surface area (Å²) in [4.78, 5) is 24.6. The van der Waals surface area contributed by atoms with E-state index in [4.69, 9.17) is 0 Å². The van der Waals surface area contributed by atoms with Crippen LogP contribution in [0, 0.1) is 5.92 Å². The van der Waals surface area contributed by atoms with Crippen molar-refractivity contribution in [2.45, 2.75) is 25.3 Å². The molecule has 0 N–H and O–H groups in total.